The summed E-state index contributed by atoms with van der Waals surface area (Å²) in [6.45, 7) is 15.4. The van der Waals surface area contributed by atoms with Crippen LogP contribution < -0.4 is 0 Å². The monoisotopic (exact) mass is 407 g/mol. The summed E-state index contributed by atoms with van der Waals surface area (Å²) in [6.07, 6.45) is 2.01. The van der Waals surface area contributed by atoms with E-state index in [2.05, 4.69) is 96.5 Å². The molecule has 0 aliphatic rings. The fraction of sp³-hybridized carbons (Fsp3) is 0.417. The Morgan fingerprint density at radius 2 is 1.33 bits per heavy atom. The molecular formula is C24H33N2Ni+. The zero-order valence-electron chi connectivity index (χ0n) is 17.9. The Balaban J connectivity index is 0.00000364. The Hall–Kier alpha value is -1.73. The van der Waals surface area contributed by atoms with Gasteiger partial charge in [0, 0.05) is 34.5 Å². The molecule has 0 atom stereocenters. The summed E-state index contributed by atoms with van der Waals surface area (Å²) < 4.78 is 2.24. The van der Waals surface area contributed by atoms with Crippen LogP contribution in [0.1, 0.15) is 68.7 Å². The minimum absolute atomic E-state index is 0. The molecule has 0 unspecified atom stereocenters. The summed E-state index contributed by atoms with van der Waals surface area (Å²) in [6, 6.07) is 13.0. The molecule has 0 saturated carbocycles. The zero-order chi connectivity index (χ0) is 19.4. The van der Waals surface area contributed by atoms with Crippen LogP contribution >= 0.6 is 0 Å². The van der Waals surface area contributed by atoms with E-state index in [0.29, 0.717) is 11.8 Å². The molecule has 2 aromatic carbocycles. The van der Waals surface area contributed by atoms with E-state index < -0.39 is 0 Å². The fourth-order valence-corrected chi connectivity index (χ4v) is 3.42. The second kappa shape index (κ2) is 9.99. The molecule has 0 saturated heterocycles. The zero-order valence-corrected chi connectivity index (χ0v) is 18.9. The molecule has 148 valence electrons. The summed E-state index contributed by atoms with van der Waals surface area (Å²) in [5, 5.41) is 0. The summed E-state index contributed by atoms with van der Waals surface area (Å²) in [5.41, 5.74) is 8.72. The molecule has 0 aromatic heterocycles. The van der Waals surface area contributed by atoms with E-state index in [1.807, 2.05) is 6.21 Å². The van der Waals surface area contributed by atoms with Gasteiger partial charge in [-0.15, -0.1) is 0 Å². The van der Waals surface area contributed by atoms with Gasteiger partial charge in [-0.05, 0) is 36.8 Å². The Kier molecular flexibility index (Phi) is 8.63. The Morgan fingerprint density at radius 1 is 0.889 bits per heavy atom. The number of hydrogen-bond acceptors (Lipinski definition) is 1. The van der Waals surface area contributed by atoms with Gasteiger partial charge in [0.1, 0.15) is 7.05 Å². The maximum absolute atomic E-state index is 4.95. The van der Waals surface area contributed by atoms with Crippen LogP contribution in [0.2, 0.25) is 0 Å². The first-order valence-corrected chi connectivity index (χ1v) is 9.54. The van der Waals surface area contributed by atoms with Crippen LogP contribution in [0.5, 0.6) is 0 Å². The van der Waals surface area contributed by atoms with Gasteiger partial charge in [0.05, 0.1) is 11.9 Å². The van der Waals surface area contributed by atoms with Crippen LogP contribution in [0.25, 0.3) is 0 Å². The molecule has 2 nitrogen and oxygen atoms in total. The van der Waals surface area contributed by atoms with Crippen molar-refractivity contribution < 1.29 is 21.1 Å². The largest absolute Gasteiger partial charge is 0.250 e. The third kappa shape index (κ3) is 5.39. The van der Waals surface area contributed by atoms with E-state index in [1.54, 1.807) is 0 Å². The van der Waals surface area contributed by atoms with Crippen molar-refractivity contribution in [2.24, 2.45) is 4.99 Å². The first kappa shape index (κ1) is 23.3. The fourth-order valence-electron chi connectivity index (χ4n) is 3.42. The molecule has 0 spiro atoms. The van der Waals surface area contributed by atoms with Crippen LogP contribution in [0, 0.1) is 13.8 Å². The Morgan fingerprint density at radius 3 is 1.78 bits per heavy atom. The molecule has 3 heteroatoms. The molecule has 0 aliphatic carbocycles. The van der Waals surface area contributed by atoms with Crippen LogP contribution in [0.3, 0.4) is 0 Å². The number of benzene rings is 2. The SMILES string of the molecule is CC(C=Nc1c(C(C)C)cccc1C(C)C)=[N+](C)c1c(C)cccc1C.[Ni]. The van der Waals surface area contributed by atoms with Crippen molar-refractivity contribution in [3.8, 4) is 0 Å². The maximum atomic E-state index is 4.95. The number of aliphatic imine (C=N–C) groups is 1. The van der Waals surface area contributed by atoms with E-state index in [1.165, 1.54) is 27.9 Å². The molecule has 0 heterocycles. The van der Waals surface area contributed by atoms with Gasteiger partial charge in [-0.2, -0.15) is 4.58 Å². The number of rotatable bonds is 5. The molecule has 0 fully saturated rings. The van der Waals surface area contributed by atoms with E-state index in [-0.39, 0.29) is 16.5 Å². The third-order valence-electron chi connectivity index (χ3n) is 5.03. The van der Waals surface area contributed by atoms with E-state index >= 15 is 0 Å². The number of aryl methyl sites for hydroxylation is 2. The van der Waals surface area contributed by atoms with Crippen LogP contribution in [-0.2, 0) is 16.5 Å². The van der Waals surface area contributed by atoms with Crippen molar-refractivity contribution in [3.05, 3.63) is 58.7 Å². The average Bonchev–Trinajstić information content (AvgIpc) is 2.58. The minimum Gasteiger partial charge on any atom is -0.250 e. The molecule has 27 heavy (non-hydrogen) atoms. The van der Waals surface area contributed by atoms with Crippen molar-refractivity contribution in [1.29, 1.82) is 0 Å². The topological polar surface area (TPSA) is 15.4 Å². The molecule has 0 amide bonds. The predicted octanol–water partition coefficient (Wildman–Crippen LogP) is 6.68. The van der Waals surface area contributed by atoms with Gasteiger partial charge in [0.25, 0.3) is 0 Å². The third-order valence-corrected chi connectivity index (χ3v) is 5.03. The molecular weight excluding hydrogens is 375 g/mol. The molecule has 0 bridgehead atoms. The summed E-state index contributed by atoms with van der Waals surface area (Å²) >= 11 is 0. The average molecular weight is 408 g/mol. The maximum Gasteiger partial charge on any atom is 0.211 e. The Bertz CT molecular complexity index is 799. The van der Waals surface area contributed by atoms with Crippen molar-refractivity contribution in [2.75, 3.05) is 7.05 Å². The smallest absolute Gasteiger partial charge is 0.211 e. The van der Waals surface area contributed by atoms with E-state index in [0.717, 1.165) is 11.4 Å². The molecule has 2 aromatic rings. The second-order valence-corrected chi connectivity index (χ2v) is 7.79. The van der Waals surface area contributed by atoms with Crippen molar-refractivity contribution >= 4 is 23.3 Å². The minimum atomic E-state index is 0. The quantitative estimate of drug-likeness (QED) is 0.298. The van der Waals surface area contributed by atoms with Crippen molar-refractivity contribution in [2.45, 2.75) is 60.3 Å². The molecule has 0 N–H and O–H groups in total. The molecule has 0 radical (unpaired) electrons. The van der Waals surface area contributed by atoms with Crippen molar-refractivity contribution in [3.63, 3.8) is 0 Å². The van der Waals surface area contributed by atoms with Crippen LogP contribution in [0.15, 0.2) is 41.4 Å². The van der Waals surface area contributed by atoms with Gasteiger partial charge in [-0.25, -0.2) is 4.99 Å². The van der Waals surface area contributed by atoms with Crippen LogP contribution in [0.4, 0.5) is 11.4 Å². The number of nitrogens with zero attached hydrogens (tertiary/aromatic N) is 2. The van der Waals surface area contributed by atoms with Gasteiger partial charge >= 0.3 is 0 Å². The first-order valence-electron chi connectivity index (χ1n) is 9.54. The number of hydrogen-bond donors (Lipinski definition) is 0. The van der Waals surface area contributed by atoms with E-state index in [4.69, 9.17) is 4.99 Å². The Labute approximate surface area is 175 Å². The standard InChI is InChI=1S/C24H33N2.Ni/c1-16(2)21-13-10-14-22(17(3)4)23(21)25-15-20(7)26(8)24-18(5)11-9-12-19(24)6;/h9-17H,1-8H3;/q+1;. The van der Waals surface area contributed by atoms with Gasteiger partial charge in [-0.3, -0.25) is 0 Å². The summed E-state index contributed by atoms with van der Waals surface area (Å²) in [5.74, 6) is 0.912. The molecule has 2 rings (SSSR count). The summed E-state index contributed by atoms with van der Waals surface area (Å²) in [4.78, 5) is 4.95. The second-order valence-electron chi connectivity index (χ2n) is 7.79. The summed E-state index contributed by atoms with van der Waals surface area (Å²) in [7, 11) is 2.12. The van der Waals surface area contributed by atoms with Gasteiger partial charge in [0.2, 0.25) is 5.69 Å². The first-order chi connectivity index (χ1) is 12.2. The van der Waals surface area contributed by atoms with Gasteiger partial charge < -0.3 is 0 Å². The van der Waals surface area contributed by atoms with Gasteiger partial charge in [0.15, 0.2) is 5.71 Å². The van der Waals surface area contributed by atoms with E-state index in [9.17, 15) is 0 Å². The number of para-hydroxylation sites is 2. The predicted molar refractivity (Wildman–Crippen MR) is 115 cm³/mol. The van der Waals surface area contributed by atoms with Crippen LogP contribution in [-0.4, -0.2) is 23.5 Å². The van der Waals surface area contributed by atoms with Crippen molar-refractivity contribution in [1.82, 2.24) is 0 Å². The molecule has 0 aliphatic heterocycles. The van der Waals surface area contributed by atoms with Gasteiger partial charge in [-0.1, -0.05) is 64.1 Å². The normalized spacial score (nSPS) is 12.5.